The summed E-state index contributed by atoms with van der Waals surface area (Å²) in [5.74, 6) is -0.918. The molecule has 2 fully saturated rings. The Morgan fingerprint density at radius 2 is 1.42 bits per heavy atom. The molecular formula is C13H17F7N2O2. The molecule has 0 radical (unpaired) electrons. The summed E-state index contributed by atoms with van der Waals surface area (Å²) in [7, 11) is 0. The van der Waals surface area contributed by atoms with E-state index in [4.69, 9.17) is 0 Å². The Hall–Kier alpha value is -1.55. The van der Waals surface area contributed by atoms with Crippen LogP contribution in [0.2, 0.25) is 0 Å². The van der Waals surface area contributed by atoms with Gasteiger partial charge in [0.2, 0.25) is 11.8 Å². The molecule has 2 aliphatic heterocycles. The Balaban J connectivity index is 0.000000243. The van der Waals surface area contributed by atoms with Crippen molar-refractivity contribution in [3.05, 3.63) is 0 Å². The first-order valence-electron chi connectivity index (χ1n) is 7.24. The lowest BCUT2D eigenvalue weighted by atomic mass is 10.3. The standard InChI is InChI=1S/C7H9F4NO.C6H8F3NO/c8-5(4-7(9,10)11)12-3-1-2-6(12)13;7-6(8,9)4-10-3-1-2-5(10)11/h5H,1-4H2;1-4H2. The maximum atomic E-state index is 12.8. The van der Waals surface area contributed by atoms with Gasteiger partial charge in [-0.25, -0.2) is 4.39 Å². The lowest BCUT2D eigenvalue weighted by molar-refractivity contribution is -0.164. The van der Waals surface area contributed by atoms with E-state index in [1.807, 2.05) is 0 Å². The summed E-state index contributed by atoms with van der Waals surface area (Å²) in [5, 5.41) is 0. The quantitative estimate of drug-likeness (QED) is 0.569. The van der Waals surface area contributed by atoms with E-state index in [0.29, 0.717) is 17.7 Å². The minimum absolute atomic E-state index is 0.0933. The number of carbonyl (C=O) groups is 2. The Morgan fingerprint density at radius 3 is 1.79 bits per heavy atom. The smallest absolute Gasteiger partial charge is 0.334 e. The number of rotatable bonds is 3. The van der Waals surface area contributed by atoms with E-state index in [9.17, 15) is 40.3 Å². The number of hydrogen-bond donors (Lipinski definition) is 0. The number of amides is 2. The van der Waals surface area contributed by atoms with Gasteiger partial charge in [0, 0.05) is 25.9 Å². The van der Waals surface area contributed by atoms with Crippen molar-refractivity contribution in [2.75, 3.05) is 19.6 Å². The minimum atomic E-state index is -4.55. The molecular weight excluding hydrogens is 349 g/mol. The molecule has 0 aromatic rings. The summed E-state index contributed by atoms with van der Waals surface area (Å²) in [4.78, 5) is 23.0. The molecule has 0 bridgehead atoms. The Morgan fingerprint density at radius 1 is 0.875 bits per heavy atom. The van der Waals surface area contributed by atoms with E-state index in [-0.39, 0.29) is 31.8 Å². The molecule has 2 heterocycles. The fourth-order valence-corrected chi connectivity index (χ4v) is 2.35. The normalized spacial score (nSPS) is 20.3. The van der Waals surface area contributed by atoms with Crippen molar-refractivity contribution in [1.29, 1.82) is 0 Å². The summed E-state index contributed by atoms with van der Waals surface area (Å²) in [6.07, 6.45) is -11.2. The van der Waals surface area contributed by atoms with Gasteiger partial charge in [-0.05, 0) is 12.8 Å². The molecule has 1 unspecified atom stereocenters. The van der Waals surface area contributed by atoms with E-state index in [0.717, 1.165) is 4.90 Å². The van der Waals surface area contributed by atoms with Crippen LogP contribution in [-0.4, -0.2) is 59.9 Å². The van der Waals surface area contributed by atoms with Crippen LogP contribution in [-0.2, 0) is 9.59 Å². The molecule has 0 aromatic carbocycles. The second kappa shape index (κ2) is 8.02. The molecule has 2 rings (SSSR count). The third-order valence-corrected chi connectivity index (χ3v) is 3.39. The van der Waals surface area contributed by atoms with Crippen LogP contribution in [0.4, 0.5) is 30.7 Å². The minimum Gasteiger partial charge on any atom is -0.334 e. The van der Waals surface area contributed by atoms with Crippen molar-refractivity contribution >= 4 is 11.8 Å². The average molecular weight is 366 g/mol. The first kappa shape index (κ1) is 20.5. The maximum Gasteiger partial charge on any atom is 0.406 e. The number of hydrogen-bond acceptors (Lipinski definition) is 2. The number of carbonyl (C=O) groups excluding carboxylic acids is 2. The lowest BCUT2D eigenvalue weighted by Gasteiger charge is -2.21. The zero-order valence-corrected chi connectivity index (χ0v) is 12.6. The van der Waals surface area contributed by atoms with E-state index in [1.54, 1.807) is 0 Å². The number of likely N-dealkylation sites (tertiary alicyclic amines) is 2. The summed E-state index contributed by atoms with van der Waals surface area (Å²) >= 11 is 0. The van der Waals surface area contributed by atoms with Crippen LogP contribution in [0.25, 0.3) is 0 Å². The topological polar surface area (TPSA) is 40.6 Å². The largest absolute Gasteiger partial charge is 0.406 e. The van der Waals surface area contributed by atoms with E-state index in [2.05, 4.69) is 0 Å². The van der Waals surface area contributed by atoms with Gasteiger partial charge in [0.15, 0.2) is 6.30 Å². The second-order valence-corrected chi connectivity index (χ2v) is 5.48. The predicted octanol–water partition coefficient (Wildman–Crippen LogP) is 3.03. The molecule has 140 valence electrons. The number of alkyl halides is 7. The molecule has 2 amide bonds. The van der Waals surface area contributed by atoms with Crippen LogP contribution < -0.4 is 0 Å². The van der Waals surface area contributed by atoms with E-state index < -0.39 is 37.5 Å². The number of halogens is 7. The van der Waals surface area contributed by atoms with Gasteiger partial charge in [-0.2, -0.15) is 26.3 Å². The fourth-order valence-electron chi connectivity index (χ4n) is 2.35. The average Bonchev–Trinajstić information content (AvgIpc) is 2.96. The lowest BCUT2D eigenvalue weighted by Crippen LogP contribution is -2.36. The highest BCUT2D eigenvalue weighted by atomic mass is 19.4. The van der Waals surface area contributed by atoms with Gasteiger partial charge in [0.1, 0.15) is 6.54 Å². The molecule has 0 aromatic heterocycles. The van der Waals surface area contributed by atoms with Gasteiger partial charge in [-0.3, -0.25) is 9.59 Å². The van der Waals surface area contributed by atoms with Crippen LogP contribution in [0.5, 0.6) is 0 Å². The molecule has 4 nitrogen and oxygen atoms in total. The summed E-state index contributed by atoms with van der Waals surface area (Å²) in [5.41, 5.74) is 0. The van der Waals surface area contributed by atoms with Crippen LogP contribution >= 0.6 is 0 Å². The highest BCUT2D eigenvalue weighted by Crippen LogP contribution is 2.27. The van der Waals surface area contributed by atoms with Crippen molar-refractivity contribution in [2.45, 2.75) is 50.8 Å². The van der Waals surface area contributed by atoms with Crippen molar-refractivity contribution in [2.24, 2.45) is 0 Å². The zero-order chi connectivity index (χ0) is 18.5. The zero-order valence-electron chi connectivity index (χ0n) is 12.6. The highest BCUT2D eigenvalue weighted by molar-refractivity contribution is 5.78. The van der Waals surface area contributed by atoms with Crippen molar-refractivity contribution in [1.82, 2.24) is 9.80 Å². The van der Waals surface area contributed by atoms with Gasteiger partial charge in [-0.15, -0.1) is 0 Å². The number of nitrogens with zero attached hydrogens (tertiary/aromatic N) is 2. The molecule has 2 saturated heterocycles. The van der Waals surface area contributed by atoms with Crippen LogP contribution in [0.15, 0.2) is 0 Å². The third kappa shape index (κ3) is 7.35. The SMILES string of the molecule is O=C1CCCN1C(F)CC(F)(F)F.O=C1CCCN1CC(F)(F)F. The molecule has 1 atom stereocenters. The van der Waals surface area contributed by atoms with Gasteiger partial charge in [0.05, 0.1) is 6.42 Å². The summed E-state index contributed by atoms with van der Waals surface area (Å²) in [6.45, 7) is -0.750. The van der Waals surface area contributed by atoms with Gasteiger partial charge in [0.25, 0.3) is 0 Å². The van der Waals surface area contributed by atoms with Gasteiger partial charge >= 0.3 is 12.4 Å². The molecule has 2 aliphatic rings. The van der Waals surface area contributed by atoms with Crippen molar-refractivity contribution in [3.8, 4) is 0 Å². The Kier molecular flexibility index (Phi) is 6.85. The Bertz CT molecular complexity index is 451. The van der Waals surface area contributed by atoms with Crippen LogP contribution in [0, 0.1) is 0 Å². The molecule has 11 heteroatoms. The van der Waals surface area contributed by atoms with Crippen molar-refractivity contribution < 1.29 is 40.3 Å². The van der Waals surface area contributed by atoms with Crippen LogP contribution in [0.1, 0.15) is 32.1 Å². The van der Waals surface area contributed by atoms with Gasteiger partial charge < -0.3 is 9.80 Å². The first-order valence-corrected chi connectivity index (χ1v) is 7.24. The molecule has 24 heavy (non-hydrogen) atoms. The summed E-state index contributed by atoms with van der Waals surface area (Å²) < 4.78 is 83.0. The predicted molar refractivity (Wildman–Crippen MR) is 68.4 cm³/mol. The maximum absolute atomic E-state index is 12.8. The third-order valence-electron chi connectivity index (χ3n) is 3.39. The molecule has 0 N–H and O–H groups in total. The fraction of sp³-hybridized carbons (Fsp3) is 0.846. The van der Waals surface area contributed by atoms with E-state index >= 15 is 0 Å². The molecule has 0 saturated carbocycles. The monoisotopic (exact) mass is 366 g/mol. The van der Waals surface area contributed by atoms with Gasteiger partial charge in [-0.1, -0.05) is 0 Å². The molecule has 0 aliphatic carbocycles. The first-order chi connectivity index (χ1) is 10.9. The van der Waals surface area contributed by atoms with Crippen molar-refractivity contribution in [3.63, 3.8) is 0 Å². The Labute approximate surface area is 133 Å². The molecule has 0 spiro atoms. The van der Waals surface area contributed by atoms with E-state index in [1.165, 1.54) is 0 Å². The second-order valence-electron chi connectivity index (χ2n) is 5.48. The highest BCUT2D eigenvalue weighted by Gasteiger charge is 2.38. The van der Waals surface area contributed by atoms with Crippen LogP contribution in [0.3, 0.4) is 0 Å². The summed E-state index contributed by atoms with van der Waals surface area (Å²) in [6, 6.07) is 0.